The van der Waals surface area contributed by atoms with Gasteiger partial charge >= 0.3 is 12.0 Å². The number of methoxy groups -OCH3 is 1. The van der Waals surface area contributed by atoms with E-state index in [9.17, 15) is 9.59 Å². The molecule has 1 unspecified atom stereocenters. The Morgan fingerprint density at radius 3 is 2.46 bits per heavy atom. The lowest BCUT2D eigenvalue weighted by molar-refractivity contribution is -0.136. The molecule has 0 saturated heterocycles. The Morgan fingerprint density at radius 2 is 1.86 bits per heavy atom. The largest absolute Gasteiger partial charge is 0.490 e. The Balaban J connectivity index is 2.11. The van der Waals surface area contributed by atoms with Crippen molar-refractivity contribution in [3.63, 3.8) is 0 Å². The zero-order chi connectivity index (χ0) is 20.3. The maximum absolute atomic E-state index is 12.6. The number of carbonyl (C=O) groups excluding carboxylic acids is 2. The van der Waals surface area contributed by atoms with Gasteiger partial charge in [0.25, 0.3) is 0 Å². The lowest BCUT2D eigenvalue weighted by Crippen LogP contribution is -2.45. The zero-order valence-corrected chi connectivity index (χ0v) is 17.4. The number of benzene rings is 2. The van der Waals surface area contributed by atoms with Crippen LogP contribution in [0.25, 0.3) is 5.70 Å². The highest BCUT2D eigenvalue weighted by molar-refractivity contribution is 9.10. The van der Waals surface area contributed by atoms with Crippen LogP contribution < -0.4 is 15.4 Å². The first-order valence-electron chi connectivity index (χ1n) is 8.82. The standard InChI is InChI=1S/C21H21BrN2O4/c1-12(2)28-16-10-9-14(11-15(16)22)19-17(20(25)27-3)18(23-21(26)24-19)13-7-5-4-6-8-13/h4-12,19H,1-3H3,(H2,23,24,26). The van der Waals surface area contributed by atoms with Crippen LogP contribution in [0.15, 0.2) is 58.6 Å². The van der Waals surface area contributed by atoms with Crippen molar-refractivity contribution in [2.24, 2.45) is 0 Å². The summed E-state index contributed by atoms with van der Waals surface area (Å²) in [5.74, 6) is 0.167. The molecule has 0 aromatic heterocycles. The topological polar surface area (TPSA) is 76.7 Å². The summed E-state index contributed by atoms with van der Waals surface area (Å²) in [5.41, 5.74) is 2.21. The second kappa shape index (κ2) is 8.48. The Labute approximate surface area is 172 Å². The second-order valence-corrected chi connectivity index (χ2v) is 7.39. The Kier molecular flexibility index (Phi) is 6.04. The molecule has 0 spiro atoms. The number of hydrogen-bond donors (Lipinski definition) is 2. The third-order valence-electron chi connectivity index (χ3n) is 4.19. The van der Waals surface area contributed by atoms with E-state index >= 15 is 0 Å². The number of hydrogen-bond acceptors (Lipinski definition) is 4. The van der Waals surface area contributed by atoms with Crippen molar-refractivity contribution in [3.8, 4) is 5.75 Å². The van der Waals surface area contributed by atoms with Crippen LogP contribution >= 0.6 is 15.9 Å². The van der Waals surface area contributed by atoms with E-state index < -0.39 is 18.0 Å². The maximum Gasteiger partial charge on any atom is 0.338 e. The third kappa shape index (κ3) is 4.20. The van der Waals surface area contributed by atoms with Gasteiger partial charge in [-0.3, -0.25) is 0 Å². The molecule has 1 aliphatic heterocycles. The van der Waals surface area contributed by atoms with Gasteiger partial charge in [0.1, 0.15) is 5.75 Å². The molecule has 2 N–H and O–H groups in total. The van der Waals surface area contributed by atoms with Crippen LogP contribution in [0.4, 0.5) is 4.79 Å². The van der Waals surface area contributed by atoms with Gasteiger partial charge in [0, 0.05) is 0 Å². The number of carbonyl (C=O) groups is 2. The van der Waals surface area contributed by atoms with E-state index in [0.29, 0.717) is 17.0 Å². The molecule has 28 heavy (non-hydrogen) atoms. The van der Waals surface area contributed by atoms with E-state index in [1.54, 1.807) is 0 Å². The summed E-state index contributed by atoms with van der Waals surface area (Å²) in [6.07, 6.45) is 0.0240. The summed E-state index contributed by atoms with van der Waals surface area (Å²) in [7, 11) is 1.32. The van der Waals surface area contributed by atoms with E-state index in [4.69, 9.17) is 9.47 Å². The van der Waals surface area contributed by atoms with Gasteiger partial charge in [-0.15, -0.1) is 0 Å². The minimum absolute atomic E-state index is 0.0240. The number of nitrogens with one attached hydrogen (secondary N) is 2. The number of esters is 1. The molecule has 2 amide bonds. The van der Waals surface area contributed by atoms with Gasteiger partial charge in [-0.25, -0.2) is 9.59 Å². The molecule has 0 aliphatic carbocycles. The Morgan fingerprint density at radius 1 is 1.14 bits per heavy atom. The van der Waals surface area contributed by atoms with Crippen molar-refractivity contribution in [3.05, 3.63) is 69.7 Å². The summed E-state index contributed by atoms with van der Waals surface area (Å²) >= 11 is 3.51. The van der Waals surface area contributed by atoms with Crippen LogP contribution in [0.1, 0.15) is 31.0 Å². The lowest BCUT2D eigenvalue weighted by Gasteiger charge is -2.29. The maximum atomic E-state index is 12.6. The predicted molar refractivity (Wildman–Crippen MR) is 110 cm³/mol. The van der Waals surface area contributed by atoms with E-state index in [0.717, 1.165) is 15.6 Å². The molecular formula is C21H21BrN2O4. The monoisotopic (exact) mass is 444 g/mol. The smallest absolute Gasteiger partial charge is 0.338 e. The van der Waals surface area contributed by atoms with Crippen molar-refractivity contribution in [2.75, 3.05) is 7.11 Å². The number of amides is 2. The minimum atomic E-state index is -0.666. The molecular weight excluding hydrogens is 424 g/mol. The molecule has 1 atom stereocenters. The van der Waals surface area contributed by atoms with E-state index in [2.05, 4.69) is 26.6 Å². The van der Waals surface area contributed by atoms with Gasteiger partial charge in [0.2, 0.25) is 0 Å². The highest BCUT2D eigenvalue weighted by Gasteiger charge is 2.34. The number of rotatable bonds is 5. The Hall–Kier alpha value is -2.80. The van der Waals surface area contributed by atoms with Crippen molar-refractivity contribution >= 4 is 33.6 Å². The normalized spacial score (nSPS) is 16.5. The summed E-state index contributed by atoms with van der Waals surface area (Å²) < 4.78 is 11.5. The molecule has 146 valence electrons. The quantitative estimate of drug-likeness (QED) is 0.678. The molecule has 2 aromatic rings. The SMILES string of the molecule is COC(=O)C1=C(c2ccccc2)NC(=O)NC1c1ccc(OC(C)C)c(Br)c1. The average molecular weight is 445 g/mol. The van der Waals surface area contributed by atoms with Crippen LogP contribution in [0.3, 0.4) is 0 Å². The van der Waals surface area contributed by atoms with Crippen LogP contribution in [0.2, 0.25) is 0 Å². The van der Waals surface area contributed by atoms with Gasteiger partial charge in [-0.2, -0.15) is 0 Å². The number of urea groups is 1. The van der Waals surface area contributed by atoms with E-state index in [1.165, 1.54) is 7.11 Å². The molecule has 0 radical (unpaired) electrons. The second-order valence-electron chi connectivity index (χ2n) is 6.53. The van der Waals surface area contributed by atoms with Gasteiger partial charge < -0.3 is 20.1 Å². The fourth-order valence-corrected chi connectivity index (χ4v) is 3.51. The summed E-state index contributed by atoms with van der Waals surface area (Å²) in [6.45, 7) is 3.88. The molecule has 0 bridgehead atoms. The lowest BCUT2D eigenvalue weighted by atomic mass is 9.92. The van der Waals surface area contributed by atoms with Gasteiger partial charge in [-0.05, 0) is 53.0 Å². The molecule has 1 aliphatic rings. The highest BCUT2D eigenvalue weighted by atomic mass is 79.9. The molecule has 6 nitrogen and oxygen atoms in total. The van der Waals surface area contributed by atoms with E-state index in [-0.39, 0.29) is 6.10 Å². The summed E-state index contributed by atoms with van der Waals surface area (Å²) in [4.78, 5) is 25.0. The first-order valence-corrected chi connectivity index (χ1v) is 9.61. The Bertz CT molecular complexity index is 925. The van der Waals surface area contributed by atoms with Crippen molar-refractivity contribution < 1.29 is 19.1 Å². The van der Waals surface area contributed by atoms with Gasteiger partial charge in [-0.1, -0.05) is 36.4 Å². The molecule has 1 heterocycles. The van der Waals surface area contributed by atoms with Crippen molar-refractivity contribution in [2.45, 2.75) is 26.0 Å². The van der Waals surface area contributed by atoms with Crippen LogP contribution in [-0.2, 0) is 9.53 Å². The van der Waals surface area contributed by atoms with E-state index in [1.807, 2.05) is 62.4 Å². The van der Waals surface area contributed by atoms with Crippen molar-refractivity contribution in [1.82, 2.24) is 10.6 Å². The highest BCUT2D eigenvalue weighted by Crippen LogP contribution is 2.35. The first-order chi connectivity index (χ1) is 13.4. The summed E-state index contributed by atoms with van der Waals surface area (Å²) in [5, 5.41) is 5.56. The van der Waals surface area contributed by atoms with Crippen molar-refractivity contribution in [1.29, 1.82) is 0 Å². The molecule has 0 fully saturated rings. The number of ether oxygens (including phenoxy) is 2. The summed E-state index contributed by atoms with van der Waals surface area (Å²) in [6, 6.07) is 13.6. The fraction of sp³-hybridized carbons (Fsp3) is 0.238. The minimum Gasteiger partial charge on any atom is -0.490 e. The van der Waals surface area contributed by atoms with Crippen LogP contribution in [-0.4, -0.2) is 25.2 Å². The molecule has 3 rings (SSSR count). The predicted octanol–water partition coefficient (Wildman–Crippen LogP) is 4.17. The first kappa shape index (κ1) is 19.9. The van der Waals surface area contributed by atoms with Crippen LogP contribution in [0.5, 0.6) is 5.75 Å². The average Bonchev–Trinajstić information content (AvgIpc) is 2.68. The molecule has 0 saturated carbocycles. The zero-order valence-electron chi connectivity index (χ0n) is 15.8. The van der Waals surface area contributed by atoms with Crippen LogP contribution in [0, 0.1) is 0 Å². The number of halogens is 1. The fourth-order valence-electron chi connectivity index (χ4n) is 3.02. The molecule has 2 aromatic carbocycles. The van der Waals surface area contributed by atoms with Gasteiger partial charge in [0.05, 0.1) is 35.0 Å². The molecule has 7 heteroatoms. The van der Waals surface area contributed by atoms with Gasteiger partial charge in [0.15, 0.2) is 0 Å². The third-order valence-corrected chi connectivity index (χ3v) is 4.81.